The van der Waals surface area contributed by atoms with Gasteiger partial charge in [-0.25, -0.2) is 9.67 Å². The predicted octanol–water partition coefficient (Wildman–Crippen LogP) is 5.12. The zero-order valence-corrected chi connectivity index (χ0v) is 20.5. The Morgan fingerprint density at radius 2 is 1.91 bits per heavy atom. The zero-order chi connectivity index (χ0) is 22.1. The number of nitrogens with zero attached hydrogens (tertiary/aromatic N) is 4. The molecule has 170 valence electrons. The Labute approximate surface area is 191 Å². The van der Waals surface area contributed by atoms with Crippen molar-refractivity contribution in [1.82, 2.24) is 14.8 Å². The molecule has 2 aliphatic rings. The van der Waals surface area contributed by atoms with Crippen molar-refractivity contribution in [3.63, 3.8) is 0 Å². The molecule has 2 aromatic heterocycles. The van der Waals surface area contributed by atoms with E-state index in [1.54, 1.807) is 0 Å². The second kappa shape index (κ2) is 8.96. The average Bonchev–Trinajstić information content (AvgIpc) is 3.58. The van der Waals surface area contributed by atoms with Crippen LogP contribution >= 0.6 is 0 Å². The van der Waals surface area contributed by atoms with E-state index in [1.807, 2.05) is 10.9 Å². The SMILES string of the molecule is C[Si](C)(C)CCOCn1nc(-c2ccnc(N3CCOCC3)c2)c2cc(C3CC3)ccc21. The van der Waals surface area contributed by atoms with Gasteiger partial charge < -0.3 is 14.4 Å². The highest BCUT2D eigenvalue weighted by Gasteiger charge is 2.25. The first-order chi connectivity index (χ1) is 15.5. The van der Waals surface area contributed by atoms with Crippen molar-refractivity contribution in [2.75, 3.05) is 37.8 Å². The molecule has 5 rings (SSSR count). The Balaban J connectivity index is 1.46. The summed E-state index contributed by atoms with van der Waals surface area (Å²) in [7, 11) is -1.11. The maximum absolute atomic E-state index is 6.06. The number of hydrogen-bond acceptors (Lipinski definition) is 5. The van der Waals surface area contributed by atoms with E-state index >= 15 is 0 Å². The topological polar surface area (TPSA) is 52.4 Å². The molecule has 3 aromatic rings. The predicted molar refractivity (Wildman–Crippen MR) is 132 cm³/mol. The van der Waals surface area contributed by atoms with Gasteiger partial charge in [0.1, 0.15) is 18.2 Å². The van der Waals surface area contributed by atoms with Crippen molar-refractivity contribution in [2.24, 2.45) is 0 Å². The van der Waals surface area contributed by atoms with Crippen LogP contribution in [0.1, 0.15) is 24.3 Å². The van der Waals surface area contributed by atoms with E-state index in [4.69, 9.17) is 14.6 Å². The van der Waals surface area contributed by atoms with Crippen molar-refractivity contribution >= 4 is 24.8 Å². The first kappa shape index (κ1) is 21.6. The number of morpholine rings is 1. The molecule has 32 heavy (non-hydrogen) atoms. The third-order valence-electron chi connectivity index (χ3n) is 6.39. The summed E-state index contributed by atoms with van der Waals surface area (Å²) in [5.41, 5.74) is 4.70. The minimum Gasteiger partial charge on any atom is -0.378 e. The summed E-state index contributed by atoms with van der Waals surface area (Å²) in [6.07, 6.45) is 4.50. The highest BCUT2D eigenvalue weighted by Crippen LogP contribution is 2.42. The number of aromatic nitrogens is 3. The van der Waals surface area contributed by atoms with Crippen LogP contribution in [-0.2, 0) is 16.2 Å². The Bertz CT molecular complexity index is 1080. The molecule has 1 aliphatic heterocycles. The summed E-state index contributed by atoms with van der Waals surface area (Å²) in [6, 6.07) is 12.3. The van der Waals surface area contributed by atoms with Gasteiger partial charge in [0.25, 0.3) is 0 Å². The van der Waals surface area contributed by atoms with Crippen molar-refractivity contribution < 1.29 is 9.47 Å². The fourth-order valence-corrected chi connectivity index (χ4v) is 5.00. The molecule has 3 heterocycles. The maximum atomic E-state index is 6.06. The number of anilines is 1. The Morgan fingerprint density at radius 3 is 2.66 bits per heavy atom. The van der Waals surface area contributed by atoms with Crippen molar-refractivity contribution in [1.29, 1.82) is 0 Å². The molecule has 1 aliphatic carbocycles. The molecule has 0 N–H and O–H groups in total. The number of fused-ring (bicyclic) bond motifs is 1. The van der Waals surface area contributed by atoms with E-state index in [1.165, 1.54) is 23.8 Å². The van der Waals surface area contributed by atoms with E-state index in [2.05, 4.69) is 59.9 Å². The first-order valence-electron chi connectivity index (χ1n) is 11.9. The van der Waals surface area contributed by atoms with Crippen molar-refractivity contribution in [3.05, 3.63) is 42.1 Å². The van der Waals surface area contributed by atoms with Crippen LogP contribution in [0.25, 0.3) is 22.2 Å². The monoisotopic (exact) mass is 450 g/mol. The molecule has 7 heteroatoms. The van der Waals surface area contributed by atoms with E-state index in [0.29, 0.717) is 12.6 Å². The molecule has 0 atom stereocenters. The van der Waals surface area contributed by atoms with Crippen LogP contribution in [0, 0.1) is 0 Å². The van der Waals surface area contributed by atoms with E-state index in [0.717, 1.165) is 61.5 Å². The molecular formula is C25H34N4O2Si. The maximum Gasteiger partial charge on any atom is 0.140 e. The summed E-state index contributed by atoms with van der Waals surface area (Å²) in [6.45, 7) is 11.7. The van der Waals surface area contributed by atoms with Gasteiger partial charge in [0.15, 0.2) is 0 Å². The lowest BCUT2D eigenvalue weighted by Gasteiger charge is -2.27. The molecule has 1 saturated carbocycles. The van der Waals surface area contributed by atoms with Crippen LogP contribution in [0.2, 0.25) is 25.7 Å². The molecule has 1 saturated heterocycles. The summed E-state index contributed by atoms with van der Waals surface area (Å²) < 4.78 is 13.6. The summed E-state index contributed by atoms with van der Waals surface area (Å²) >= 11 is 0. The summed E-state index contributed by atoms with van der Waals surface area (Å²) in [5, 5.41) is 6.24. The number of rotatable bonds is 8. The number of ether oxygens (including phenoxy) is 2. The van der Waals surface area contributed by atoms with Crippen LogP contribution in [0.4, 0.5) is 5.82 Å². The van der Waals surface area contributed by atoms with Gasteiger partial charge in [-0.05, 0) is 54.6 Å². The van der Waals surface area contributed by atoms with Gasteiger partial charge in [-0.2, -0.15) is 5.10 Å². The fourth-order valence-electron chi connectivity index (χ4n) is 4.24. The highest BCUT2D eigenvalue weighted by atomic mass is 28.3. The largest absolute Gasteiger partial charge is 0.378 e. The lowest BCUT2D eigenvalue weighted by Crippen LogP contribution is -2.36. The minimum atomic E-state index is -1.11. The third-order valence-corrected chi connectivity index (χ3v) is 8.09. The van der Waals surface area contributed by atoms with Gasteiger partial charge in [0.05, 0.1) is 18.7 Å². The Kier molecular flexibility index (Phi) is 6.05. The van der Waals surface area contributed by atoms with E-state index in [9.17, 15) is 0 Å². The van der Waals surface area contributed by atoms with Crippen molar-refractivity contribution in [2.45, 2.75) is 51.2 Å². The first-order valence-corrected chi connectivity index (χ1v) is 15.6. The van der Waals surface area contributed by atoms with Gasteiger partial charge in [-0.3, -0.25) is 0 Å². The van der Waals surface area contributed by atoms with Gasteiger partial charge >= 0.3 is 0 Å². The van der Waals surface area contributed by atoms with Crippen LogP contribution in [0.3, 0.4) is 0 Å². The summed E-state index contributed by atoms with van der Waals surface area (Å²) in [4.78, 5) is 6.92. The van der Waals surface area contributed by atoms with E-state index < -0.39 is 8.07 Å². The quantitative estimate of drug-likeness (QED) is 0.352. The molecule has 0 amide bonds. The van der Waals surface area contributed by atoms with Gasteiger partial charge in [-0.15, -0.1) is 0 Å². The normalized spacial score (nSPS) is 17.3. The smallest absolute Gasteiger partial charge is 0.140 e. The fraction of sp³-hybridized carbons (Fsp3) is 0.520. The molecule has 1 aromatic carbocycles. The van der Waals surface area contributed by atoms with Crippen LogP contribution in [0.5, 0.6) is 0 Å². The molecule has 0 radical (unpaired) electrons. The second-order valence-electron chi connectivity index (χ2n) is 10.2. The van der Waals surface area contributed by atoms with Gasteiger partial charge in [-0.1, -0.05) is 25.7 Å². The molecule has 0 spiro atoms. The molecule has 6 nitrogen and oxygen atoms in total. The molecular weight excluding hydrogens is 416 g/mol. The standard InChI is InChI=1S/C25H34N4O2Si/c1-32(2,3)15-14-31-18-29-23-7-6-20(19-4-5-19)16-22(23)25(27-29)21-8-9-26-24(17-21)28-10-12-30-13-11-28/h6-9,16-17,19H,4-5,10-15,18H2,1-3H3. The summed E-state index contributed by atoms with van der Waals surface area (Å²) in [5.74, 6) is 1.71. The van der Waals surface area contributed by atoms with Crippen LogP contribution in [0.15, 0.2) is 36.5 Å². The minimum absolute atomic E-state index is 0.491. The lowest BCUT2D eigenvalue weighted by atomic mass is 10.0. The lowest BCUT2D eigenvalue weighted by molar-refractivity contribution is 0.0818. The zero-order valence-electron chi connectivity index (χ0n) is 19.5. The Hall–Kier alpha value is -2.22. The highest BCUT2D eigenvalue weighted by molar-refractivity contribution is 6.76. The van der Waals surface area contributed by atoms with Crippen LogP contribution < -0.4 is 4.90 Å². The van der Waals surface area contributed by atoms with Gasteiger partial charge in [0.2, 0.25) is 0 Å². The number of hydrogen-bond donors (Lipinski definition) is 0. The third kappa shape index (κ3) is 4.90. The second-order valence-corrected chi connectivity index (χ2v) is 15.9. The molecule has 2 fully saturated rings. The van der Waals surface area contributed by atoms with Gasteiger partial charge in [0, 0.05) is 44.9 Å². The van der Waals surface area contributed by atoms with Crippen LogP contribution in [-0.4, -0.2) is 55.7 Å². The molecule has 0 bridgehead atoms. The van der Waals surface area contributed by atoms with Crippen molar-refractivity contribution in [3.8, 4) is 11.3 Å². The molecule has 0 unspecified atom stereocenters. The number of benzene rings is 1. The van der Waals surface area contributed by atoms with E-state index in [-0.39, 0.29) is 0 Å². The number of pyridine rings is 1. The average molecular weight is 451 g/mol. The Morgan fingerprint density at radius 1 is 1.09 bits per heavy atom.